The van der Waals surface area contributed by atoms with E-state index < -0.39 is 10.0 Å². The number of nitrogens with two attached hydrogens (primary N) is 1. The minimum absolute atomic E-state index is 0.0152. The number of para-hydroxylation sites is 1. The standard InChI is InChI=1S/C15H16N2O4S/c1-10-4-3-5-13(14(10)21-2)15(18)17-11-6-8-12(9-7-11)22(16,19)20/h3-9H,1-2H3,(H,17,18)(H2,16,19,20). The number of primary sulfonamides is 1. The van der Waals surface area contributed by atoms with Crippen molar-refractivity contribution in [1.82, 2.24) is 0 Å². The highest BCUT2D eigenvalue weighted by atomic mass is 32.2. The molecule has 0 atom stereocenters. The van der Waals surface area contributed by atoms with Crippen molar-refractivity contribution in [1.29, 1.82) is 0 Å². The summed E-state index contributed by atoms with van der Waals surface area (Å²) in [7, 11) is -2.25. The van der Waals surface area contributed by atoms with Crippen LogP contribution >= 0.6 is 0 Å². The fraction of sp³-hybridized carbons (Fsp3) is 0.133. The summed E-state index contributed by atoms with van der Waals surface area (Å²) < 4.78 is 27.6. The summed E-state index contributed by atoms with van der Waals surface area (Å²) in [6.07, 6.45) is 0. The van der Waals surface area contributed by atoms with Gasteiger partial charge in [-0.15, -0.1) is 0 Å². The first-order chi connectivity index (χ1) is 10.3. The van der Waals surface area contributed by atoms with Crippen LogP contribution in [0.2, 0.25) is 0 Å². The second-order valence-electron chi connectivity index (χ2n) is 4.68. The van der Waals surface area contributed by atoms with E-state index in [2.05, 4.69) is 5.32 Å². The number of methoxy groups -OCH3 is 1. The molecule has 0 radical (unpaired) electrons. The summed E-state index contributed by atoms with van der Waals surface area (Å²) in [6.45, 7) is 1.84. The van der Waals surface area contributed by atoms with Crippen LogP contribution in [0.25, 0.3) is 0 Å². The molecule has 0 aliphatic heterocycles. The monoisotopic (exact) mass is 320 g/mol. The Morgan fingerprint density at radius 3 is 2.32 bits per heavy atom. The van der Waals surface area contributed by atoms with E-state index in [0.29, 0.717) is 17.0 Å². The van der Waals surface area contributed by atoms with Crippen LogP contribution in [0.4, 0.5) is 5.69 Å². The summed E-state index contributed by atoms with van der Waals surface area (Å²) in [6, 6.07) is 10.9. The maximum absolute atomic E-state index is 12.3. The maximum Gasteiger partial charge on any atom is 0.259 e. The third-order valence-corrected chi connectivity index (χ3v) is 4.03. The van der Waals surface area contributed by atoms with Gasteiger partial charge in [0.05, 0.1) is 17.6 Å². The number of hydrogen-bond donors (Lipinski definition) is 2. The second kappa shape index (κ2) is 6.17. The lowest BCUT2D eigenvalue weighted by Gasteiger charge is -2.11. The highest BCUT2D eigenvalue weighted by molar-refractivity contribution is 7.89. The van der Waals surface area contributed by atoms with Crippen LogP contribution in [0.5, 0.6) is 5.75 Å². The average Bonchev–Trinajstić information content (AvgIpc) is 2.46. The van der Waals surface area contributed by atoms with Crippen molar-refractivity contribution >= 4 is 21.6 Å². The van der Waals surface area contributed by atoms with Crippen LogP contribution in [0, 0.1) is 6.92 Å². The smallest absolute Gasteiger partial charge is 0.259 e. The molecule has 0 aliphatic rings. The zero-order chi connectivity index (χ0) is 16.3. The van der Waals surface area contributed by atoms with Crippen molar-refractivity contribution < 1.29 is 17.9 Å². The quantitative estimate of drug-likeness (QED) is 0.899. The number of carbonyl (C=O) groups is 1. The fourth-order valence-corrected chi connectivity index (χ4v) is 2.54. The van der Waals surface area contributed by atoms with Gasteiger partial charge < -0.3 is 10.1 Å². The minimum atomic E-state index is -3.75. The number of carbonyl (C=O) groups excluding carboxylic acids is 1. The SMILES string of the molecule is COc1c(C)cccc1C(=O)Nc1ccc(S(N)(=O)=O)cc1. The van der Waals surface area contributed by atoms with Crippen molar-refractivity contribution in [2.45, 2.75) is 11.8 Å². The normalized spacial score (nSPS) is 11.0. The van der Waals surface area contributed by atoms with Gasteiger partial charge in [-0.1, -0.05) is 12.1 Å². The topological polar surface area (TPSA) is 98.5 Å². The first kappa shape index (κ1) is 16.0. The highest BCUT2D eigenvalue weighted by Crippen LogP contribution is 2.24. The molecule has 7 heteroatoms. The lowest BCUT2D eigenvalue weighted by atomic mass is 10.1. The molecule has 0 heterocycles. The number of rotatable bonds is 4. The van der Waals surface area contributed by atoms with E-state index in [1.165, 1.54) is 31.4 Å². The molecule has 6 nitrogen and oxygen atoms in total. The molecule has 0 saturated carbocycles. The van der Waals surface area contributed by atoms with Crippen LogP contribution in [0.1, 0.15) is 15.9 Å². The molecule has 1 amide bonds. The molecule has 0 bridgehead atoms. The number of amides is 1. The molecule has 2 aromatic rings. The molecule has 0 saturated heterocycles. The van der Waals surface area contributed by atoms with Crippen molar-refractivity contribution in [3.8, 4) is 5.75 Å². The Morgan fingerprint density at radius 2 is 1.77 bits per heavy atom. The number of ether oxygens (including phenoxy) is 1. The molecule has 2 aromatic carbocycles. The Hall–Kier alpha value is -2.38. The van der Waals surface area contributed by atoms with Gasteiger partial charge in [0, 0.05) is 5.69 Å². The first-order valence-electron chi connectivity index (χ1n) is 6.41. The zero-order valence-corrected chi connectivity index (χ0v) is 13.0. The molecule has 0 aliphatic carbocycles. The predicted molar refractivity (Wildman–Crippen MR) is 83.5 cm³/mol. The van der Waals surface area contributed by atoms with Crippen molar-refractivity contribution in [3.63, 3.8) is 0 Å². The van der Waals surface area contributed by atoms with Crippen molar-refractivity contribution in [2.24, 2.45) is 5.14 Å². The lowest BCUT2D eigenvalue weighted by molar-refractivity contribution is 0.102. The predicted octanol–water partition coefficient (Wildman–Crippen LogP) is 1.90. The van der Waals surface area contributed by atoms with Gasteiger partial charge in [0.2, 0.25) is 10.0 Å². The summed E-state index contributed by atoms with van der Waals surface area (Å²) in [5.41, 5.74) is 1.71. The molecule has 22 heavy (non-hydrogen) atoms. The summed E-state index contributed by atoms with van der Waals surface area (Å²) >= 11 is 0. The van der Waals surface area contributed by atoms with E-state index in [4.69, 9.17) is 9.88 Å². The molecular weight excluding hydrogens is 304 g/mol. The third kappa shape index (κ3) is 3.44. The van der Waals surface area contributed by atoms with E-state index in [9.17, 15) is 13.2 Å². The molecule has 0 fully saturated rings. The van der Waals surface area contributed by atoms with Crippen LogP contribution in [-0.2, 0) is 10.0 Å². The van der Waals surface area contributed by atoms with Gasteiger partial charge in [0.25, 0.3) is 5.91 Å². The van der Waals surface area contributed by atoms with Crippen molar-refractivity contribution in [3.05, 3.63) is 53.6 Å². The number of aryl methyl sites for hydroxylation is 1. The number of sulfonamides is 1. The minimum Gasteiger partial charge on any atom is -0.496 e. The molecule has 3 N–H and O–H groups in total. The van der Waals surface area contributed by atoms with Crippen LogP contribution < -0.4 is 15.2 Å². The zero-order valence-electron chi connectivity index (χ0n) is 12.2. The highest BCUT2D eigenvalue weighted by Gasteiger charge is 2.14. The maximum atomic E-state index is 12.3. The van der Waals surface area contributed by atoms with E-state index in [0.717, 1.165) is 5.56 Å². The van der Waals surface area contributed by atoms with Gasteiger partial charge >= 0.3 is 0 Å². The number of nitrogens with one attached hydrogen (secondary N) is 1. The number of hydrogen-bond acceptors (Lipinski definition) is 4. The second-order valence-corrected chi connectivity index (χ2v) is 6.24. The van der Waals surface area contributed by atoms with Gasteiger partial charge in [-0.2, -0.15) is 0 Å². The Balaban J connectivity index is 2.25. The first-order valence-corrected chi connectivity index (χ1v) is 7.95. The van der Waals surface area contributed by atoms with Gasteiger partial charge in [-0.05, 0) is 42.8 Å². The van der Waals surface area contributed by atoms with Gasteiger partial charge in [-0.25, -0.2) is 13.6 Å². The van der Waals surface area contributed by atoms with Crippen LogP contribution in [0.15, 0.2) is 47.4 Å². The Kier molecular flexibility index (Phi) is 4.48. The lowest BCUT2D eigenvalue weighted by Crippen LogP contribution is -2.14. The summed E-state index contributed by atoms with van der Waals surface area (Å²) in [5, 5.41) is 7.71. The number of anilines is 1. The summed E-state index contributed by atoms with van der Waals surface area (Å²) in [4.78, 5) is 12.3. The van der Waals surface area contributed by atoms with E-state index in [1.54, 1.807) is 12.1 Å². The van der Waals surface area contributed by atoms with E-state index in [1.807, 2.05) is 13.0 Å². The van der Waals surface area contributed by atoms with Crippen LogP contribution in [-0.4, -0.2) is 21.4 Å². The van der Waals surface area contributed by atoms with Gasteiger partial charge in [0.15, 0.2) is 0 Å². The molecule has 0 spiro atoms. The molecule has 116 valence electrons. The van der Waals surface area contributed by atoms with E-state index in [-0.39, 0.29) is 10.8 Å². The Morgan fingerprint density at radius 1 is 1.14 bits per heavy atom. The van der Waals surface area contributed by atoms with Gasteiger partial charge in [-0.3, -0.25) is 4.79 Å². The van der Waals surface area contributed by atoms with Crippen LogP contribution in [0.3, 0.4) is 0 Å². The Labute approximate surface area is 129 Å². The number of benzene rings is 2. The third-order valence-electron chi connectivity index (χ3n) is 3.10. The molecular formula is C15H16N2O4S. The molecule has 0 unspecified atom stereocenters. The molecule has 0 aromatic heterocycles. The van der Waals surface area contributed by atoms with Crippen molar-refractivity contribution in [2.75, 3.05) is 12.4 Å². The summed E-state index contributed by atoms with van der Waals surface area (Å²) in [5.74, 6) is 0.157. The average molecular weight is 320 g/mol. The van der Waals surface area contributed by atoms with Gasteiger partial charge in [0.1, 0.15) is 5.75 Å². The largest absolute Gasteiger partial charge is 0.496 e. The fourth-order valence-electron chi connectivity index (χ4n) is 2.03. The Bertz CT molecular complexity index is 799. The molecule has 2 rings (SSSR count). The van der Waals surface area contributed by atoms with E-state index >= 15 is 0 Å².